The van der Waals surface area contributed by atoms with Gasteiger partial charge in [0, 0.05) is 50.2 Å². The number of hydrogen-bond donors (Lipinski definition) is 4. The van der Waals surface area contributed by atoms with Crippen molar-refractivity contribution in [2.75, 3.05) is 39.3 Å². The maximum Gasteiger partial charge on any atom is 0.407 e. The van der Waals surface area contributed by atoms with Crippen molar-refractivity contribution in [2.24, 2.45) is 0 Å². The highest BCUT2D eigenvalue weighted by Gasteiger charge is 2.35. The van der Waals surface area contributed by atoms with E-state index >= 15 is 0 Å². The third-order valence-electron chi connectivity index (χ3n) is 7.66. The van der Waals surface area contributed by atoms with Crippen LogP contribution in [0, 0.1) is 6.92 Å². The number of pyridine rings is 1. The van der Waals surface area contributed by atoms with Crippen molar-refractivity contribution >= 4 is 46.6 Å². The highest BCUT2D eigenvalue weighted by atomic mass is 16.5. The van der Waals surface area contributed by atoms with Crippen molar-refractivity contribution in [3.05, 3.63) is 35.5 Å². The van der Waals surface area contributed by atoms with Crippen molar-refractivity contribution in [3.8, 4) is 5.75 Å². The van der Waals surface area contributed by atoms with Crippen LogP contribution in [0.3, 0.4) is 0 Å². The summed E-state index contributed by atoms with van der Waals surface area (Å²) in [5.74, 6) is -3.25. The zero-order valence-corrected chi connectivity index (χ0v) is 25.4. The first-order valence-electron chi connectivity index (χ1n) is 14.8. The number of hydrogen-bond acceptors (Lipinski definition) is 8. The maximum atomic E-state index is 13.4. The van der Waals surface area contributed by atoms with E-state index in [1.165, 1.54) is 15.9 Å². The monoisotopic (exact) mass is 626 g/mol. The Hall–Kier alpha value is -4.95. The number of nitrogens with zero attached hydrogens (tertiary/aromatic N) is 4. The Morgan fingerprint density at radius 1 is 0.978 bits per heavy atom. The smallest absolute Gasteiger partial charge is 0.407 e. The number of carboxylic acids is 1. The summed E-state index contributed by atoms with van der Waals surface area (Å²) in [5, 5.41) is 24.4. The molecule has 0 radical (unpaired) electrons. The number of likely N-dealkylation sites (tertiary alicyclic amines) is 1. The van der Waals surface area contributed by atoms with Gasteiger partial charge in [0.2, 0.25) is 11.8 Å². The van der Waals surface area contributed by atoms with Crippen LogP contribution < -0.4 is 15.4 Å². The minimum absolute atomic E-state index is 0.0493. The fraction of sp³-hybridized carbons (Fsp3) is 0.500. The molecule has 15 heteroatoms. The Balaban J connectivity index is 1.52. The van der Waals surface area contributed by atoms with Gasteiger partial charge in [-0.15, -0.1) is 0 Å². The SMILES string of the molecule is Cc1ccc2c(OCC(=O)N3CCC[C@H]3C(=O)NC(C)C)cc(C(=O)N[C@@H](CC(=O)O)C(=O)N3CCN(C(=O)O)CC3)nc2c1. The summed E-state index contributed by atoms with van der Waals surface area (Å²) in [6.45, 7) is 5.73. The largest absolute Gasteiger partial charge is 0.483 e. The van der Waals surface area contributed by atoms with E-state index < -0.39 is 54.9 Å². The van der Waals surface area contributed by atoms with Crippen LogP contribution in [-0.2, 0) is 19.2 Å². The van der Waals surface area contributed by atoms with Crippen molar-refractivity contribution < 1.29 is 43.7 Å². The molecule has 2 saturated heterocycles. The second-order valence-electron chi connectivity index (χ2n) is 11.4. The Kier molecular flexibility index (Phi) is 10.4. The summed E-state index contributed by atoms with van der Waals surface area (Å²) in [6.07, 6.45) is -0.603. The molecule has 4 rings (SSSR count). The van der Waals surface area contributed by atoms with E-state index in [1.54, 1.807) is 12.1 Å². The number of carboxylic acid groups (broad SMARTS) is 2. The van der Waals surface area contributed by atoms with Gasteiger partial charge in [0.05, 0.1) is 11.9 Å². The second kappa shape index (κ2) is 14.2. The van der Waals surface area contributed by atoms with Crippen molar-refractivity contribution in [1.82, 2.24) is 30.3 Å². The quantitative estimate of drug-likeness (QED) is 0.293. The Morgan fingerprint density at radius 3 is 2.31 bits per heavy atom. The topological polar surface area (TPSA) is 199 Å². The molecule has 4 N–H and O–H groups in total. The van der Waals surface area contributed by atoms with Gasteiger partial charge in [-0.3, -0.25) is 24.0 Å². The number of piperazine rings is 1. The summed E-state index contributed by atoms with van der Waals surface area (Å²) >= 11 is 0. The predicted octanol–water partition coefficient (Wildman–Crippen LogP) is 0.833. The first kappa shape index (κ1) is 33.0. The van der Waals surface area contributed by atoms with Gasteiger partial charge in [0.1, 0.15) is 23.5 Å². The number of carbonyl (C=O) groups excluding carboxylic acids is 4. The van der Waals surface area contributed by atoms with Crippen LogP contribution >= 0.6 is 0 Å². The number of aliphatic carboxylic acids is 1. The fourth-order valence-electron chi connectivity index (χ4n) is 5.43. The molecule has 1 aromatic heterocycles. The van der Waals surface area contributed by atoms with E-state index in [1.807, 2.05) is 26.8 Å². The van der Waals surface area contributed by atoms with Crippen molar-refractivity contribution in [2.45, 2.75) is 58.2 Å². The normalized spacial score (nSPS) is 17.2. The third-order valence-corrected chi connectivity index (χ3v) is 7.66. The second-order valence-corrected chi connectivity index (χ2v) is 11.4. The zero-order chi connectivity index (χ0) is 32.8. The molecule has 5 amide bonds. The molecule has 2 aromatic rings. The molecule has 0 aliphatic carbocycles. The minimum atomic E-state index is -1.43. The molecule has 2 atom stereocenters. The molecule has 2 aliphatic heterocycles. The molecule has 242 valence electrons. The van der Waals surface area contributed by atoms with Crippen molar-refractivity contribution in [3.63, 3.8) is 0 Å². The van der Waals surface area contributed by atoms with Crippen LogP contribution in [-0.4, -0.2) is 123 Å². The number of amides is 5. The van der Waals surface area contributed by atoms with Gasteiger partial charge in [-0.05, 0) is 51.3 Å². The molecule has 0 saturated carbocycles. The third kappa shape index (κ3) is 8.16. The first-order valence-corrected chi connectivity index (χ1v) is 14.8. The number of aromatic nitrogens is 1. The van der Waals surface area contributed by atoms with E-state index in [9.17, 15) is 39.0 Å². The molecular weight excluding hydrogens is 588 g/mol. The van der Waals surface area contributed by atoms with Crippen LogP contribution in [0.1, 0.15) is 49.2 Å². The molecular formula is C30H38N6O9. The van der Waals surface area contributed by atoms with Crippen LogP contribution in [0.25, 0.3) is 10.9 Å². The van der Waals surface area contributed by atoms with E-state index in [0.717, 1.165) is 10.5 Å². The molecule has 3 heterocycles. The molecule has 1 aromatic carbocycles. The molecule has 0 bridgehead atoms. The lowest BCUT2D eigenvalue weighted by atomic mass is 10.1. The lowest BCUT2D eigenvalue weighted by Crippen LogP contribution is -2.56. The molecule has 45 heavy (non-hydrogen) atoms. The van der Waals surface area contributed by atoms with Gasteiger partial charge in [-0.25, -0.2) is 9.78 Å². The standard InChI is InChI=1S/C30H38N6O9/c1-17(2)31-28(41)23-5-4-8-36(23)25(37)16-45-24-14-21(32-20-13-18(3)6-7-19(20)24)27(40)33-22(15-26(38)39)29(42)34-9-11-35(12-10-34)30(43)44/h6-7,13-14,17,22-23H,4-5,8-12,15-16H2,1-3H3,(H,31,41)(H,33,40)(H,38,39)(H,43,44)/t22-,23-/m0/s1. The van der Waals surface area contributed by atoms with Gasteiger partial charge in [0.15, 0.2) is 6.61 Å². The highest BCUT2D eigenvalue weighted by Crippen LogP contribution is 2.27. The number of nitrogens with one attached hydrogen (secondary N) is 2. The number of rotatable bonds is 10. The average Bonchev–Trinajstić information content (AvgIpc) is 3.48. The van der Waals surface area contributed by atoms with Gasteiger partial charge < -0.3 is 40.3 Å². The van der Waals surface area contributed by atoms with Crippen LogP contribution in [0.2, 0.25) is 0 Å². The number of benzene rings is 1. The van der Waals surface area contributed by atoms with Gasteiger partial charge >= 0.3 is 12.1 Å². The number of carbonyl (C=O) groups is 6. The lowest BCUT2D eigenvalue weighted by molar-refractivity contribution is -0.143. The Labute approximate surface area is 259 Å². The van der Waals surface area contributed by atoms with Crippen molar-refractivity contribution in [1.29, 1.82) is 0 Å². The van der Waals surface area contributed by atoms with E-state index in [2.05, 4.69) is 15.6 Å². The average molecular weight is 627 g/mol. The Morgan fingerprint density at radius 2 is 1.67 bits per heavy atom. The summed E-state index contributed by atoms with van der Waals surface area (Å²) in [6, 6.07) is 4.48. The maximum absolute atomic E-state index is 13.4. The summed E-state index contributed by atoms with van der Waals surface area (Å²) < 4.78 is 5.91. The zero-order valence-electron chi connectivity index (χ0n) is 25.4. The first-order chi connectivity index (χ1) is 21.3. The summed E-state index contributed by atoms with van der Waals surface area (Å²) in [5.41, 5.74) is 1.06. The Bertz CT molecular complexity index is 1490. The van der Waals surface area contributed by atoms with Gasteiger partial charge in [-0.2, -0.15) is 0 Å². The van der Waals surface area contributed by atoms with E-state index in [4.69, 9.17) is 4.74 Å². The van der Waals surface area contributed by atoms with E-state index in [-0.39, 0.29) is 49.6 Å². The predicted molar refractivity (Wildman–Crippen MR) is 160 cm³/mol. The lowest BCUT2D eigenvalue weighted by Gasteiger charge is -2.35. The van der Waals surface area contributed by atoms with Crippen LogP contribution in [0.5, 0.6) is 5.75 Å². The summed E-state index contributed by atoms with van der Waals surface area (Å²) in [4.78, 5) is 83.6. The van der Waals surface area contributed by atoms with Crippen LogP contribution in [0.15, 0.2) is 24.3 Å². The number of ether oxygens (including phenoxy) is 1. The fourth-order valence-corrected chi connectivity index (χ4v) is 5.43. The number of fused-ring (bicyclic) bond motifs is 1. The minimum Gasteiger partial charge on any atom is -0.483 e. The van der Waals surface area contributed by atoms with Crippen LogP contribution in [0.4, 0.5) is 4.79 Å². The van der Waals surface area contributed by atoms with E-state index in [0.29, 0.717) is 30.3 Å². The molecule has 0 spiro atoms. The van der Waals surface area contributed by atoms with Gasteiger partial charge in [0.25, 0.3) is 11.8 Å². The highest BCUT2D eigenvalue weighted by molar-refractivity contribution is 6.00. The molecule has 2 fully saturated rings. The number of aryl methyl sites for hydroxylation is 1. The molecule has 0 unspecified atom stereocenters. The summed E-state index contributed by atoms with van der Waals surface area (Å²) in [7, 11) is 0. The molecule has 2 aliphatic rings. The molecule has 15 nitrogen and oxygen atoms in total. The van der Waals surface area contributed by atoms with Gasteiger partial charge in [-0.1, -0.05) is 6.07 Å².